The van der Waals surface area contributed by atoms with Crippen molar-refractivity contribution in [3.63, 3.8) is 0 Å². The summed E-state index contributed by atoms with van der Waals surface area (Å²) >= 11 is 0. The molecule has 3 nitrogen and oxygen atoms in total. The predicted octanol–water partition coefficient (Wildman–Crippen LogP) is 6.57. The average Bonchev–Trinajstić information content (AvgIpc) is 2.89. The van der Waals surface area contributed by atoms with Crippen molar-refractivity contribution in [3.05, 3.63) is 89.2 Å². The Balaban J connectivity index is 1.74. The highest BCUT2D eigenvalue weighted by Gasteiger charge is 2.50. The molecule has 0 radical (unpaired) electrons. The second-order valence-electron chi connectivity index (χ2n) is 12.3. The Morgan fingerprint density at radius 3 is 2.08 bits per heavy atom. The smallest absolute Gasteiger partial charge is 0.261 e. The van der Waals surface area contributed by atoms with Crippen LogP contribution in [-0.2, 0) is 15.6 Å². The third-order valence-electron chi connectivity index (χ3n) is 7.17. The lowest BCUT2D eigenvalue weighted by Gasteiger charge is -2.43. The second-order valence-corrected chi connectivity index (χ2v) is 16.6. The fourth-order valence-electron chi connectivity index (χ4n) is 5.44. The van der Waals surface area contributed by atoms with Gasteiger partial charge in [0.15, 0.2) is 11.6 Å². The molecule has 0 unspecified atom stereocenters. The van der Waals surface area contributed by atoms with Crippen molar-refractivity contribution in [2.24, 2.45) is 0 Å². The van der Waals surface area contributed by atoms with E-state index in [4.69, 9.17) is 13.9 Å². The molecule has 0 amide bonds. The van der Waals surface area contributed by atoms with E-state index < -0.39 is 20.0 Å². The van der Waals surface area contributed by atoms with Gasteiger partial charge in [-0.1, -0.05) is 93.3 Å². The van der Waals surface area contributed by atoms with Crippen molar-refractivity contribution < 1.29 is 18.3 Å². The first-order valence-corrected chi connectivity index (χ1v) is 15.7. The number of hydrogen-bond donors (Lipinski definition) is 0. The van der Waals surface area contributed by atoms with Gasteiger partial charge in [0.2, 0.25) is 0 Å². The van der Waals surface area contributed by atoms with Crippen molar-refractivity contribution >= 4 is 18.7 Å². The first-order valence-electron chi connectivity index (χ1n) is 13.8. The van der Waals surface area contributed by atoms with Gasteiger partial charge in [-0.05, 0) is 67.6 Å². The summed E-state index contributed by atoms with van der Waals surface area (Å²) in [6.07, 6.45) is 1.18. The molecular formula is C34H41FO3Si. The molecule has 0 N–H and O–H groups in total. The first kappa shape index (κ1) is 29.1. The molecule has 4 rings (SSSR count). The molecule has 1 aliphatic heterocycles. The molecule has 0 spiro atoms. The normalized spacial score (nSPS) is 14.6. The highest BCUT2D eigenvalue weighted by molar-refractivity contribution is 6.99. The third-order valence-corrected chi connectivity index (χ3v) is 12.2. The highest BCUT2D eigenvalue weighted by atomic mass is 28.4. The second kappa shape index (κ2) is 11.7. The van der Waals surface area contributed by atoms with Gasteiger partial charge >= 0.3 is 0 Å². The molecule has 0 aromatic heterocycles. The van der Waals surface area contributed by atoms with Gasteiger partial charge in [0.25, 0.3) is 8.32 Å². The molecule has 1 atom stereocenters. The van der Waals surface area contributed by atoms with Gasteiger partial charge in [0.1, 0.15) is 6.10 Å². The van der Waals surface area contributed by atoms with Gasteiger partial charge in [0, 0.05) is 11.1 Å². The largest absolute Gasteiger partial charge is 0.490 e. The van der Waals surface area contributed by atoms with Gasteiger partial charge < -0.3 is 13.9 Å². The first-order chi connectivity index (χ1) is 18.4. The van der Waals surface area contributed by atoms with E-state index in [1.54, 1.807) is 0 Å². The maximum atomic E-state index is 14.9. The Labute approximate surface area is 234 Å². The van der Waals surface area contributed by atoms with Crippen LogP contribution in [0.25, 0.3) is 0 Å². The molecule has 5 heteroatoms. The lowest BCUT2D eigenvalue weighted by atomic mass is 9.96. The molecule has 0 saturated heterocycles. The quantitative estimate of drug-likeness (QED) is 0.259. The van der Waals surface area contributed by atoms with Gasteiger partial charge in [-0.25, -0.2) is 4.39 Å². The highest BCUT2D eigenvalue weighted by Crippen LogP contribution is 2.37. The molecule has 3 aromatic carbocycles. The Morgan fingerprint density at radius 1 is 0.949 bits per heavy atom. The molecule has 1 heterocycles. The zero-order valence-electron chi connectivity index (χ0n) is 24.4. The lowest BCUT2D eigenvalue weighted by molar-refractivity contribution is -0.0507. The van der Waals surface area contributed by atoms with Crippen LogP contribution in [0, 0.1) is 24.6 Å². The fraction of sp³-hybridized carbons (Fsp3) is 0.412. The average molecular weight is 545 g/mol. The Hall–Kier alpha value is -2.91. The number of rotatable bonds is 6. The van der Waals surface area contributed by atoms with Crippen LogP contribution in [0.3, 0.4) is 0 Å². The van der Waals surface area contributed by atoms with E-state index in [1.165, 1.54) is 16.4 Å². The van der Waals surface area contributed by atoms with Crippen LogP contribution in [0.15, 0.2) is 66.7 Å². The van der Waals surface area contributed by atoms with Crippen LogP contribution in [0.2, 0.25) is 5.04 Å². The molecule has 39 heavy (non-hydrogen) atoms. The fourth-order valence-corrected chi connectivity index (χ4v) is 10.00. The van der Waals surface area contributed by atoms with Gasteiger partial charge in [-0.2, -0.15) is 0 Å². The summed E-state index contributed by atoms with van der Waals surface area (Å²) in [6.45, 7) is 15.7. The zero-order valence-corrected chi connectivity index (χ0v) is 25.4. The molecule has 0 fully saturated rings. The van der Waals surface area contributed by atoms with E-state index in [-0.39, 0.29) is 10.9 Å². The van der Waals surface area contributed by atoms with Crippen molar-refractivity contribution in [2.45, 2.75) is 78.1 Å². The van der Waals surface area contributed by atoms with Crippen LogP contribution < -0.4 is 15.1 Å². The molecule has 0 bridgehead atoms. The Morgan fingerprint density at radius 2 is 1.54 bits per heavy atom. The van der Waals surface area contributed by atoms with Gasteiger partial charge in [-0.15, -0.1) is 0 Å². The van der Waals surface area contributed by atoms with Crippen LogP contribution in [0.1, 0.15) is 64.7 Å². The summed E-state index contributed by atoms with van der Waals surface area (Å²) < 4.78 is 34.0. The number of halogens is 1. The zero-order chi connectivity index (χ0) is 28.3. The maximum Gasteiger partial charge on any atom is 0.261 e. The summed E-state index contributed by atoms with van der Waals surface area (Å²) in [6, 6.07) is 22.6. The summed E-state index contributed by atoms with van der Waals surface area (Å²) in [7, 11) is -2.76. The monoisotopic (exact) mass is 544 g/mol. The van der Waals surface area contributed by atoms with E-state index in [0.717, 1.165) is 24.0 Å². The molecule has 206 valence electrons. The summed E-state index contributed by atoms with van der Waals surface area (Å²) in [5.74, 6) is 6.58. The topological polar surface area (TPSA) is 27.7 Å². The molecule has 0 saturated carbocycles. The number of benzene rings is 3. The van der Waals surface area contributed by atoms with E-state index in [9.17, 15) is 4.39 Å². The maximum absolute atomic E-state index is 14.9. The standard InChI is InChI=1S/C34H41FO3Si/c1-25-26(23-31(35)32-30(25)19-14-22-36-32)20-21-27(38-33(2,3)4)24-37-39(34(5,6)7,28-15-10-8-11-16-28)29-17-12-9-13-18-29/h8-13,15-18,23,27H,14,19,22,24H2,1-7H3/t27-/m0/s1. The molecule has 0 aliphatic carbocycles. The molecule has 3 aromatic rings. The summed E-state index contributed by atoms with van der Waals surface area (Å²) in [5.41, 5.74) is 2.13. The number of ether oxygens (including phenoxy) is 2. The van der Waals surface area contributed by atoms with Crippen LogP contribution in [0.5, 0.6) is 5.75 Å². The summed E-state index contributed by atoms with van der Waals surface area (Å²) in [5, 5.41) is 2.26. The lowest BCUT2D eigenvalue weighted by Crippen LogP contribution is -2.67. The molecule has 1 aliphatic rings. The predicted molar refractivity (Wildman–Crippen MR) is 160 cm³/mol. The van der Waals surface area contributed by atoms with E-state index in [2.05, 4.69) is 81.1 Å². The van der Waals surface area contributed by atoms with Gasteiger partial charge in [-0.3, -0.25) is 0 Å². The number of fused-ring (bicyclic) bond motifs is 1. The SMILES string of the molecule is Cc1c(C#C[C@@H](CO[Si](c2ccccc2)(c2ccccc2)C(C)(C)C)OC(C)(C)C)cc(F)c2c1CCCO2. The molecular weight excluding hydrogens is 503 g/mol. The minimum Gasteiger partial charge on any atom is -0.490 e. The Bertz CT molecular complexity index is 1290. The minimum absolute atomic E-state index is 0.159. The van der Waals surface area contributed by atoms with Crippen molar-refractivity contribution in [1.82, 2.24) is 0 Å². The van der Waals surface area contributed by atoms with E-state index in [1.807, 2.05) is 39.8 Å². The Kier molecular flexibility index (Phi) is 8.71. The van der Waals surface area contributed by atoms with Crippen molar-refractivity contribution in [1.29, 1.82) is 0 Å². The minimum atomic E-state index is -2.76. The van der Waals surface area contributed by atoms with Crippen LogP contribution >= 0.6 is 0 Å². The van der Waals surface area contributed by atoms with E-state index >= 15 is 0 Å². The van der Waals surface area contributed by atoms with Crippen LogP contribution in [0.4, 0.5) is 4.39 Å². The third kappa shape index (κ3) is 6.46. The van der Waals surface area contributed by atoms with Gasteiger partial charge in [0.05, 0.1) is 18.8 Å². The van der Waals surface area contributed by atoms with Crippen molar-refractivity contribution in [3.8, 4) is 17.6 Å². The number of hydrogen-bond acceptors (Lipinski definition) is 3. The summed E-state index contributed by atoms with van der Waals surface area (Å²) in [4.78, 5) is 0. The van der Waals surface area contributed by atoms with E-state index in [0.29, 0.717) is 24.5 Å². The van der Waals surface area contributed by atoms with Crippen LogP contribution in [-0.4, -0.2) is 33.2 Å². The van der Waals surface area contributed by atoms with Crippen molar-refractivity contribution in [2.75, 3.05) is 13.2 Å².